The van der Waals surface area contributed by atoms with Gasteiger partial charge in [-0.2, -0.15) is 10.2 Å². The van der Waals surface area contributed by atoms with Gasteiger partial charge in [-0.3, -0.25) is 14.2 Å². The molecule has 0 saturated carbocycles. The predicted molar refractivity (Wildman–Crippen MR) is 106 cm³/mol. The van der Waals surface area contributed by atoms with Crippen LogP contribution in [0.2, 0.25) is 0 Å². The van der Waals surface area contributed by atoms with Gasteiger partial charge in [0, 0.05) is 24.5 Å². The number of amides is 1. The highest BCUT2D eigenvalue weighted by atomic mass is 79.9. The molecule has 2 aromatic heterocycles. The van der Waals surface area contributed by atoms with Crippen molar-refractivity contribution < 1.29 is 4.79 Å². The molecule has 1 unspecified atom stereocenters. The highest BCUT2D eigenvalue weighted by Crippen LogP contribution is 2.21. The van der Waals surface area contributed by atoms with Crippen LogP contribution in [0.15, 0.2) is 8.95 Å². The summed E-state index contributed by atoms with van der Waals surface area (Å²) >= 11 is 7.05. The maximum Gasteiger partial charge on any atom is 0.224 e. The Labute approximate surface area is 165 Å². The van der Waals surface area contributed by atoms with E-state index >= 15 is 0 Å². The molecule has 0 bridgehead atoms. The average Bonchev–Trinajstić information content (AvgIpc) is 2.96. The number of aryl methyl sites for hydroxylation is 3. The van der Waals surface area contributed by atoms with E-state index in [9.17, 15) is 4.79 Å². The van der Waals surface area contributed by atoms with E-state index in [1.165, 1.54) is 0 Å². The lowest BCUT2D eigenvalue weighted by Crippen LogP contribution is -2.33. The molecule has 0 aliphatic heterocycles. The van der Waals surface area contributed by atoms with Gasteiger partial charge in [0.25, 0.3) is 0 Å². The van der Waals surface area contributed by atoms with E-state index in [2.05, 4.69) is 47.4 Å². The van der Waals surface area contributed by atoms with Crippen LogP contribution in [-0.2, 0) is 17.9 Å². The van der Waals surface area contributed by atoms with Crippen LogP contribution >= 0.6 is 31.9 Å². The van der Waals surface area contributed by atoms with Crippen LogP contribution in [0.3, 0.4) is 0 Å². The fourth-order valence-electron chi connectivity index (χ4n) is 2.70. The Kier molecular flexibility index (Phi) is 6.85. The predicted octanol–water partition coefficient (Wildman–Crippen LogP) is 3.68. The zero-order chi connectivity index (χ0) is 18.7. The van der Waals surface area contributed by atoms with Gasteiger partial charge in [0.15, 0.2) is 0 Å². The van der Waals surface area contributed by atoms with E-state index in [0.717, 1.165) is 44.7 Å². The largest absolute Gasteiger partial charge is 0.356 e. The van der Waals surface area contributed by atoms with Crippen molar-refractivity contribution in [2.75, 3.05) is 6.54 Å². The van der Waals surface area contributed by atoms with Gasteiger partial charge in [0.2, 0.25) is 5.91 Å². The molecule has 1 amide bonds. The van der Waals surface area contributed by atoms with Crippen molar-refractivity contribution in [3.63, 3.8) is 0 Å². The minimum absolute atomic E-state index is 0.0539. The molecular formula is C17H25Br2N5O. The first-order valence-electron chi connectivity index (χ1n) is 8.39. The summed E-state index contributed by atoms with van der Waals surface area (Å²) in [6, 6.07) is 0. The maximum atomic E-state index is 12.3. The van der Waals surface area contributed by atoms with Crippen molar-refractivity contribution in [1.82, 2.24) is 24.9 Å². The smallest absolute Gasteiger partial charge is 0.224 e. The first-order valence-corrected chi connectivity index (χ1v) is 9.97. The fraction of sp³-hybridized carbons (Fsp3) is 0.588. The number of aromatic nitrogens is 4. The zero-order valence-electron chi connectivity index (χ0n) is 15.4. The summed E-state index contributed by atoms with van der Waals surface area (Å²) in [5.74, 6) is -0.0778. The normalized spacial score (nSPS) is 12.4. The molecule has 0 radical (unpaired) electrons. The minimum Gasteiger partial charge on any atom is -0.356 e. The summed E-state index contributed by atoms with van der Waals surface area (Å²) in [5, 5.41) is 12.0. The van der Waals surface area contributed by atoms with Crippen LogP contribution in [-0.4, -0.2) is 32.0 Å². The number of hydrogen-bond acceptors (Lipinski definition) is 3. The van der Waals surface area contributed by atoms with Gasteiger partial charge in [0.1, 0.15) is 0 Å². The van der Waals surface area contributed by atoms with Crippen molar-refractivity contribution in [2.45, 2.75) is 54.1 Å². The molecule has 0 aromatic carbocycles. The van der Waals surface area contributed by atoms with Crippen molar-refractivity contribution in [3.8, 4) is 0 Å². The van der Waals surface area contributed by atoms with Crippen LogP contribution in [0.1, 0.15) is 36.1 Å². The summed E-state index contributed by atoms with van der Waals surface area (Å²) in [5.41, 5.74) is 4.10. The van der Waals surface area contributed by atoms with Crippen molar-refractivity contribution in [3.05, 3.63) is 31.7 Å². The first kappa shape index (κ1) is 20.2. The molecule has 0 fully saturated rings. The molecule has 2 aromatic rings. The number of halogens is 2. The third kappa shape index (κ3) is 4.73. The highest BCUT2D eigenvalue weighted by molar-refractivity contribution is 9.10. The summed E-state index contributed by atoms with van der Waals surface area (Å²) in [6.07, 6.45) is 0.846. The van der Waals surface area contributed by atoms with Crippen molar-refractivity contribution >= 4 is 37.8 Å². The molecule has 138 valence electrons. The Bertz CT molecular complexity index is 766. The van der Waals surface area contributed by atoms with E-state index in [1.54, 1.807) is 0 Å². The number of carbonyl (C=O) groups excluding carboxylic acids is 1. The molecule has 25 heavy (non-hydrogen) atoms. The Balaban J connectivity index is 1.79. The lowest BCUT2D eigenvalue weighted by molar-refractivity contribution is -0.124. The van der Waals surface area contributed by atoms with Gasteiger partial charge in [-0.15, -0.1) is 0 Å². The highest BCUT2D eigenvalue weighted by Gasteiger charge is 2.17. The van der Waals surface area contributed by atoms with Crippen LogP contribution in [0.25, 0.3) is 0 Å². The molecule has 1 atom stereocenters. The van der Waals surface area contributed by atoms with Gasteiger partial charge >= 0.3 is 0 Å². The number of rotatable bonds is 7. The van der Waals surface area contributed by atoms with Crippen LogP contribution in [0.4, 0.5) is 0 Å². The second-order valence-corrected chi connectivity index (χ2v) is 8.01. The molecular weight excluding hydrogens is 450 g/mol. The van der Waals surface area contributed by atoms with Gasteiger partial charge in [-0.25, -0.2) is 0 Å². The van der Waals surface area contributed by atoms with E-state index in [0.29, 0.717) is 13.1 Å². The molecule has 2 heterocycles. The third-order valence-corrected chi connectivity index (χ3v) is 6.62. The topological polar surface area (TPSA) is 64.7 Å². The SMILES string of the molecule is Cc1nn(CCCNC(=O)C(C)Cn2nc(C)c(Br)c2C)c(C)c1Br. The van der Waals surface area contributed by atoms with Crippen molar-refractivity contribution in [2.24, 2.45) is 5.92 Å². The van der Waals surface area contributed by atoms with E-state index in [4.69, 9.17) is 0 Å². The molecule has 1 N–H and O–H groups in total. The molecule has 0 aliphatic rings. The summed E-state index contributed by atoms with van der Waals surface area (Å²) in [6.45, 7) is 11.9. The van der Waals surface area contributed by atoms with Crippen LogP contribution in [0.5, 0.6) is 0 Å². The molecule has 2 rings (SSSR count). The first-order chi connectivity index (χ1) is 11.7. The lowest BCUT2D eigenvalue weighted by atomic mass is 10.1. The van der Waals surface area contributed by atoms with E-state index in [-0.39, 0.29) is 11.8 Å². The minimum atomic E-state index is -0.132. The van der Waals surface area contributed by atoms with E-state index < -0.39 is 0 Å². The molecule has 0 aliphatic carbocycles. The lowest BCUT2D eigenvalue weighted by Gasteiger charge is -2.13. The Morgan fingerprint density at radius 3 is 2.04 bits per heavy atom. The third-order valence-electron chi connectivity index (χ3n) is 4.33. The molecule has 6 nitrogen and oxygen atoms in total. The number of nitrogens with one attached hydrogen (secondary N) is 1. The van der Waals surface area contributed by atoms with E-state index in [1.807, 2.05) is 44.0 Å². The van der Waals surface area contributed by atoms with Crippen LogP contribution in [0, 0.1) is 33.6 Å². The van der Waals surface area contributed by atoms with Gasteiger partial charge < -0.3 is 5.32 Å². The number of nitrogens with zero attached hydrogens (tertiary/aromatic N) is 4. The van der Waals surface area contributed by atoms with Gasteiger partial charge in [-0.05, 0) is 66.0 Å². The fourth-order valence-corrected chi connectivity index (χ4v) is 3.27. The second kappa shape index (κ2) is 8.49. The maximum absolute atomic E-state index is 12.3. The quantitative estimate of drug-likeness (QED) is 0.622. The molecule has 8 heteroatoms. The standard InChI is InChI=1S/C17H25Br2N5O/c1-10(9-24-14(5)16(19)12(3)22-24)17(25)20-7-6-8-23-13(4)15(18)11(2)21-23/h10H,6-9H2,1-5H3,(H,20,25). The Hall–Kier alpha value is -1.15. The Morgan fingerprint density at radius 1 is 1.04 bits per heavy atom. The van der Waals surface area contributed by atoms with Gasteiger partial charge in [-0.1, -0.05) is 6.92 Å². The number of carbonyl (C=O) groups is 1. The molecule has 0 spiro atoms. The summed E-state index contributed by atoms with van der Waals surface area (Å²) < 4.78 is 5.93. The van der Waals surface area contributed by atoms with Crippen molar-refractivity contribution in [1.29, 1.82) is 0 Å². The number of hydrogen-bond donors (Lipinski definition) is 1. The summed E-state index contributed by atoms with van der Waals surface area (Å²) in [7, 11) is 0. The zero-order valence-corrected chi connectivity index (χ0v) is 18.5. The second-order valence-electron chi connectivity index (χ2n) is 6.42. The monoisotopic (exact) mass is 473 g/mol. The van der Waals surface area contributed by atoms with Gasteiger partial charge in [0.05, 0.1) is 32.8 Å². The molecule has 0 saturated heterocycles. The average molecular weight is 475 g/mol. The Morgan fingerprint density at radius 2 is 1.56 bits per heavy atom. The summed E-state index contributed by atoms with van der Waals surface area (Å²) in [4.78, 5) is 12.3. The van der Waals surface area contributed by atoms with Crippen LogP contribution < -0.4 is 5.32 Å².